The lowest BCUT2D eigenvalue weighted by Crippen LogP contribution is -1.85. The number of hydrogen-bond acceptors (Lipinski definition) is 3. The highest BCUT2D eigenvalue weighted by Crippen LogP contribution is 2.29. The second-order valence-corrected chi connectivity index (χ2v) is 3.43. The van der Waals surface area contributed by atoms with Gasteiger partial charge in [-0.3, -0.25) is 0 Å². The van der Waals surface area contributed by atoms with Crippen molar-refractivity contribution >= 4 is 38.8 Å². The molecule has 0 amide bonds. The minimum atomic E-state index is 0.559. The fraction of sp³-hybridized carbons (Fsp3) is 0. The van der Waals surface area contributed by atoms with E-state index in [0.29, 0.717) is 10.7 Å². The number of aromatic nitrogens is 1. The molecule has 0 radical (unpaired) electrons. The first-order valence-electron chi connectivity index (χ1n) is 3.06. The molecule has 0 saturated heterocycles. The van der Waals surface area contributed by atoms with Crippen molar-refractivity contribution in [3.05, 3.63) is 22.7 Å². The molecule has 2 rings (SSSR count). The van der Waals surface area contributed by atoms with Crippen LogP contribution in [0.4, 0.5) is 5.69 Å². The van der Waals surface area contributed by atoms with Crippen LogP contribution in [0.5, 0.6) is 0 Å². The second-order valence-electron chi connectivity index (χ2n) is 2.17. The molecule has 1 aromatic heterocycles. The minimum Gasteiger partial charge on any atom is -0.397 e. The summed E-state index contributed by atoms with van der Waals surface area (Å²) in [7, 11) is 0. The molecule has 1 heterocycles. The van der Waals surface area contributed by atoms with Gasteiger partial charge in [0.15, 0.2) is 0 Å². The first-order chi connectivity index (χ1) is 5.29. The first-order valence-corrected chi connectivity index (χ1v) is 4.32. The molecule has 0 bridgehead atoms. The van der Waals surface area contributed by atoms with E-state index in [1.165, 1.54) is 0 Å². The molecule has 0 unspecified atom stereocenters. The lowest BCUT2D eigenvalue weighted by Gasteiger charge is -1.95. The van der Waals surface area contributed by atoms with Gasteiger partial charge in [-0.1, -0.05) is 11.6 Å². The van der Waals surface area contributed by atoms with Gasteiger partial charge >= 0.3 is 0 Å². The van der Waals surface area contributed by atoms with Gasteiger partial charge in [-0.05, 0) is 12.1 Å². The second kappa shape index (κ2) is 2.36. The van der Waals surface area contributed by atoms with Gasteiger partial charge in [0.25, 0.3) is 0 Å². The third kappa shape index (κ3) is 0.968. The van der Waals surface area contributed by atoms with Gasteiger partial charge in [0.2, 0.25) is 0 Å². The van der Waals surface area contributed by atoms with Gasteiger partial charge in [0, 0.05) is 0 Å². The van der Waals surface area contributed by atoms with E-state index in [9.17, 15) is 0 Å². The lowest BCUT2D eigenvalue weighted by molar-refractivity contribution is 1.50. The highest BCUT2D eigenvalue weighted by Gasteiger charge is 2.03. The molecule has 2 aromatic rings. The van der Waals surface area contributed by atoms with Crippen LogP contribution in [0.1, 0.15) is 0 Å². The SMILES string of the molecule is Nc1ccc2scnc2c1Cl. The summed E-state index contributed by atoms with van der Waals surface area (Å²) >= 11 is 7.45. The number of rotatable bonds is 0. The molecule has 0 fully saturated rings. The monoisotopic (exact) mass is 184 g/mol. The van der Waals surface area contributed by atoms with Crippen molar-refractivity contribution in [3.8, 4) is 0 Å². The Morgan fingerprint density at radius 2 is 2.27 bits per heavy atom. The Morgan fingerprint density at radius 1 is 1.45 bits per heavy atom. The fourth-order valence-corrected chi connectivity index (χ4v) is 1.87. The number of hydrogen-bond donors (Lipinski definition) is 1. The smallest absolute Gasteiger partial charge is 0.102 e. The highest BCUT2D eigenvalue weighted by atomic mass is 35.5. The van der Waals surface area contributed by atoms with Crippen molar-refractivity contribution in [2.45, 2.75) is 0 Å². The van der Waals surface area contributed by atoms with Crippen LogP contribution in [0.15, 0.2) is 17.6 Å². The Bertz CT molecular complexity index is 396. The number of nitrogen functional groups attached to an aromatic ring is 1. The third-order valence-corrected chi connectivity index (χ3v) is 2.66. The Hall–Kier alpha value is -0.800. The molecule has 4 heteroatoms. The van der Waals surface area contributed by atoms with Crippen LogP contribution >= 0.6 is 22.9 Å². The van der Waals surface area contributed by atoms with Crippen molar-refractivity contribution in [1.29, 1.82) is 0 Å². The number of nitrogens with two attached hydrogens (primary N) is 1. The summed E-state index contributed by atoms with van der Waals surface area (Å²) in [6.45, 7) is 0. The number of halogens is 1. The predicted molar refractivity (Wildman–Crippen MR) is 49.0 cm³/mol. The van der Waals surface area contributed by atoms with E-state index < -0.39 is 0 Å². The topological polar surface area (TPSA) is 38.9 Å². The number of benzene rings is 1. The van der Waals surface area contributed by atoms with E-state index in [-0.39, 0.29) is 0 Å². The van der Waals surface area contributed by atoms with Crippen LogP contribution in [-0.2, 0) is 0 Å². The summed E-state index contributed by atoms with van der Waals surface area (Å²) in [5.74, 6) is 0. The molecule has 0 saturated carbocycles. The highest BCUT2D eigenvalue weighted by molar-refractivity contribution is 7.16. The first kappa shape index (κ1) is 6.88. The van der Waals surface area contributed by atoms with Gasteiger partial charge in [-0.2, -0.15) is 0 Å². The zero-order valence-corrected chi connectivity index (χ0v) is 7.12. The van der Waals surface area contributed by atoms with Gasteiger partial charge < -0.3 is 5.73 Å². The molecule has 2 nitrogen and oxygen atoms in total. The average molecular weight is 185 g/mol. The molecule has 0 spiro atoms. The summed E-state index contributed by atoms with van der Waals surface area (Å²) in [6, 6.07) is 3.72. The number of fused-ring (bicyclic) bond motifs is 1. The molecular weight excluding hydrogens is 180 g/mol. The largest absolute Gasteiger partial charge is 0.397 e. The van der Waals surface area contributed by atoms with Crippen molar-refractivity contribution in [1.82, 2.24) is 4.98 Å². The van der Waals surface area contributed by atoms with Crippen molar-refractivity contribution in [2.24, 2.45) is 0 Å². The summed E-state index contributed by atoms with van der Waals surface area (Å²) in [5, 5.41) is 0.559. The van der Waals surface area contributed by atoms with E-state index >= 15 is 0 Å². The quantitative estimate of drug-likeness (QED) is 0.639. The van der Waals surface area contributed by atoms with Crippen molar-refractivity contribution in [3.63, 3.8) is 0 Å². The van der Waals surface area contributed by atoms with E-state index in [0.717, 1.165) is 10.2 Å². The van der Waals surface area contributed by atoms with E-state index in [4.69, 9.17) is 17.3 Å². The molecule has 0 aliphatic rings. The van der Waals surface area contributed by atoms with Crippen molar-refractivity contribution in [2.75, 3.05) is 5.73 Å². The molecule has 2 N–H and O–H groups in total. The van der Waals surface area contributed by atoms with E-state index in [1.54, 1.807) is 22.9 Å². The van der Waals surface area contributed by atoms with E-state index in [2.05, 4.69) is 4.98 Å². The molecule has 1 aromatic carbocycles. The number of thiazole rings is 1. The zero-order chi connectivity index (χ0) is 7.84. The lowest BCUT2D eigenvalue weighted by atomic mass is 10.3. The standard InChI is InChI=1S/C7H5ClN2S/c8-6-4(9)1-2-5-7(6)10-3-11-5/h1-3H,9H2. The average Bonchev–Trinajstić information content (AvgIpc) is 2.45. The van der Waals surface area contributed by atoms with Gasteiger partial charge in [0.1, 0.15) is 5.52 Å². The maximum absolute atomic E-state index is 5.89. The van der Waals surface area contributed by atoms with Crippen LogP contribution in [-0.4, -0.2) is 4.98 Å². The van der Waals surface area contributed by atoms with Crippen LogP contribution in [0.3, 0.4) is 0 Å². The van der Waals surface area contributed by atoms with Gasteiger partial charge in [-0.25, -0.2) is 4.98 Å². The molecular formula is C7H5ClN2S. The Balaban J connectivity index is 2.93. The van der Waals surface area contributed by atoms with Crippen LogP contribution < -0.4 is 5.73 Å². The molecule has 11 heavy (non-hydrogen) atoms. The maximum atomic E-state index is 5.89. The maximum Gasteiger partial charge on any atom is 0.102 e. The van der Waals surface area contributed by atoms with Crippen LogP contribution in [0, 0.1) is 0 Å². The zero-order valence-electron chi connectivity index (χ0n) is 5.54. The normalized spacial score (nSPS) is 10.6. The Labute approximate surface area is 72.6 Å². The third-order valence-electron chi connectivity index (χ3n) is 1.47. The molecule has 0 atom stereocenters. The van der Waals surface area contributed by atoms with Gasteiger partial charge in [0.05, 0.1) is 20.9 Å². The predicted octanol–water partition coefficient (Wildman–Crippen LogP) is 2.53. The van der Waals surface area contributed by atoms with Gasteiger partial charge in [-0.15, -0.1) is 11.3 Å². The molecule has 0 aliphatic heterocycles. The number of nitrogens with zero attached hydrogens (tertiary/aromatic N) is 1. The summed E-state index contributed by atoms with van der Waals surface area (Å²) in [6.07, 6.45) is 0. The minimum absolute atomic E-state index is 0.559. The van der Waals surface area contributed by atoms with E-state index in [1.807, 2.05) is 6.07 Å². The Kier molecular flexibility index (Phi) is 1.47. The van der Waals surface area contributed by atoms with Crippen LogP contribution in [0.25, 0.3) is 10.2 Å². The van der Waals surface area contributed by atoms with Crippen LogP contribution in [0.2, 0.25) is 5.02 Å². The Morgan fingerprint density at radius 3 is 3.09 bits per heavy atom. The summed E-state index contributed by atoms with van der Waals surface area (Å²) < 4.78 is 1.07. The number of anilines is 1. The van der Waals surface area contributed by atoms with Crippen molar-refractivity contribution < 1.29 is 0 Å². The fourth-order valence-electron chi connectivity index (χ4n) is 0.914. The molecule has 0 aliphatic carbocycles. The molecule has 56 valence electrons. The summed E-state index contributed by atoms with van der Waals surface area (Å²) in [4.78, 5) is 4.09. The summed E-state index contributed by atoms with van der Waals surface area (Å²) in [5.41, 5.74) is 8.73.